The molecule has 0 aromatic heterocycles. The lowest BCUT2D eigenvalue weighted by atomic mass is 9.99. The molecular formula is C15H15BrFNO2. The molecule has 2 aromatic carbocycles. The van der Waals surface area contributed by atoms with Crippen molar-refractivity contribution in [3.8, 4) is 11.5 Å². The summed E-state index contributed by atoms with van der Waals surface area (Å²) in [6, 6.07) is 9.48. The van der Waals surface area contributed by atoms with E-state index < -0.39 is 6.04 Å². The van der Waals surface area contributed by atoms with E-state index in [4.69, 9.17) is 15.2 Å². The van der Waals surface area contributed by atoms with Crippen molar-refractivity contribution in [2.45, 2.75) is 6.04 Å². The van der Waals surface area contributed by atoms with Crippen molar-refractivity contribution in [1.82, 2.24) is 0 Å². The van der Waals surface area contributed by atoms with Crippen LogP contribution >= 0.6 is 15.9 Å². The first-order valence-electron chi connectivity index (χ1n) is 5.98. The SMILES string of the molecule is COc1cc(OC)cc(C(N)c2ccc(F)cc2Br)c1. The van der Waals surface area contributed by atoms with Crippen LogP contribution in [0.25, 0.3) is 0 Å². The van der Waals surface area contributed by atoms with Crippen LogP contribution in [0.1, 0.15) is 17.2 Å². The molecule has 3 nitrogen and oxygen atoms in total. The average molecular weight is 340 g/mol. The second-order valence-corrected chi connectivity index (χ2v) is 5.14. The second kappa shape index (κ2) is 6.24. The van der Waals surface area contributed by atoms with Crippen molar-refractivity contribution >= 4 is 15.9 Å². The van der Waals surface area contributed by atoms with Gasteiger partial charge in [0.25, 0.3) is 0 Å². The van der Waals surface area contributed by atoms with Gasteiger partial charge in [-0.05, 0) is 35.4 Å². The molecule has 0 aliphatic carbocycles. The smallest absolute Gasteiger partial charge is 0.124 e. The Kier molecular flexibility index (Phi) is 4.62. The van der Waals surface area contributed by atoms with Crippen molar-refractivity contribution in [2.24, 2.45) is 5.73 Å². The van der Waals surface area contributed by atoms with Crippen LogP contribution in [-0.4, -0.2) is 14.2 Å². The molecule has 0 fully saturated rings. The average Bonchev–Trinajstić information content (AvgIpc) is 2.46. The summed E-state index contributed by atoms with van der Waals surface area (Å²) in [5.41, 5.74) is 7.87. The summed E-state index contributed by atoms with van der Waals surface area (Å²) >= 11 is 3.33. The van der Waals surface area contributed by atoms with Crippen LogP contribution in [0.5, 0.6) is 11.5 Å². The summed E-state index contributed by atoms with van der Waals surface area (Å²) < 4.78 is 24.2. The molecule has 2 N–H and O–H groups in total. The zero-order valence-corrected chi connectivity index (χ0v) is 12.8. The van der Waals surface area contributed by atoms with Crippen LogP contribution in [0, 0.1) is 5.82 Å². The minimum atomic E-state index is -0.408. The van der Waals surface area contributed by atoms with Crippen LogP contribution in [-0.2, 0) is 0 Å². The fraction of sp³-hybridized carbons (Fsp3) is 0.200. The Labute approximate surface area is 125 Å². The summed E-state index contributed by atoms with van der Waals surface area (Å²) in [4.78, 5) is 0. The summed E-state index contributed by atoms with van der Waals surface area (Å²) in [5, 5.41) is 0. The van der Waals surface area contributed by atoms with Gasteiger partial charge in [0.2, 0.25) is 0 Å². The van der Waals surface area contributed by atoms with Crippen molar-refractivity contribution in [3.05, 3.63) is 57.8 Å². The number of benzene rings is 2. The highest BCUT2D eigenvalue weighted by atomic mass is 79.9. The molecule has 2 rings (SSSR count). The molecule has 1 unspecified atom stereocenters. The van der Waals surface area contributed by atoms with E-state index in [0.717, 1.165) is 11.1 Å². The third-order valence-corrected chi connectivity index (χ3v) is 3.72. The Morgan fingerprint density at radius 3 is 2.15 bits per heavy atom. The summed E-state index contributed by atoms with van der Waals surface area (Å²) in [5.74, 6) is 1.01. The lowest BCUT2D eigenvalue weighted by Gasteiger charge is -2.16. The molecule has 0 saturated carbocycles. The maximum Gasteiger partial charge on any atom is 0.124 e. The van der Waals surface area contributed by atoms with Crippen molar-refractivity contribution < 1.29 is 13.9 Å². The Morgan fingerprint density at radius 2 is 1.65 bits per heavy atom. The van der Waals surface area contributed by atoms with Gasteiger partial charge in [-0.2, -0.15) is 0 Å². The molecule has 0 amide bonds. The lowest BCUT2D eigenvalue weighted by Crippen LogP contribution is -2.13. The van der Waals surface area contributed by atoms with E-state index in [-0.39, 0.29) is 5.82 Å². The molecule has 0 heterocycles. The van der Waals surface area contributed by atoms with Crippen LogP contribution in [0.4, 0.5) is 4.39 Å². The predicted octanol–water partition coefficient (Wildman–Crippen LogP) is 3.65. The van der Waals surface area contributed by atoms with E-state index in [2.05, 4.69) is 15.9 Å². The Bertz CT molecular complexity index is 597. The van der Waals surface area contributed by atoms with Gasteiger partial charge >= 0.3 is 0 Å². The van der Waals surface area contributed by atoms with Crippen LogP contribution < -0.4 is 15.2 Å². The Hall–Kier alpha value is -1.59. The van der Waals surface area contributed by atoms with E-state index in [1.54, 1.807) is 26.4 Å². The highest BCUT2D eigenvalue weighted by Gasteiger charge is 2.15. The molecule has 20 heavy (non-hydrogen) atoms. The molecule has 0 saturated heterocycles. The largest absolute Gasteiger partial charge is 0.497 e. The van der Waals surface area contributed by atoms with E-state index in [0.29, 0.717) is 16.0 Å². The first-order valence-corrected chi connectivity index (χ1v) is 6.78. The van der Waals surface area contributed by atoms with Crippen LogP contribution in [0.15, 0.2) is 40.9 Å². The van der Waals surface area contributed by atoms with Crippen LogP contribution in [0.3, 0.4) is 0 Å². The van der Waals surface area contributed by atoms with Crippen molar-refractivity contribution in [1.29, 1.82) is 0 Å². The fourth-order valence-corrected chi connectivity index (χ4v) is 2.54. The van der Waals surface area contributed by atoms with Crippen LogP contribution in [0.2, 0.25) is 0 Å². The van der Waals surface area contributed by atoms with E-state index in [1.807, 2.05) is 12.1 Å². The molecular weight excluding hydrogens is 325 g/mol. The monoisotopic (exact) mass is 339 g/mol. The highest BCUT2D eigenvalue weighted by molar-refractivity contribution is 9.10. The summed E-state index contributed by atoms with van der Waals surface area (Å²) in [7, 11) is 3.16. The van der Waals surface area contributed by atoms with Gasteiger partial charge in [0.05, 0.1) is 20.3 Å². The van der Waals surface area contributed by atoms with E-state index in [1.165, 1.54) is 12.1 Å². The fourth-order valence-electron chi connectivity index (χ4n) is 1.94. The third kappa shape index (κ3) is 3.11. The van der Waals surface area contributed by atoms with Gasteiger partial charge < -0.3 is 15.2 Å². The van der Waals surface area contributed by atoms with Gasteiger partial charge in [-0.15, -0.1) is 0 Å². The maximum absolute atomic E-state index is 13.1. The first kappa shape index (κ1) is 14.8. The first-order chi connectivity index (χ1) is 9.55. The minimum absolute atomic E-state index is 0.309. The summed E-state index contributed by atoms with van der Waals surface area (Å²) in [6.07, 6.45) is 0. The normalized spacial score (nSPS) is 12.1. The topological polar surface area (TPSA) is 44.5 Å². The quantitative estimate of drug-likeness (QED) is 0.924. The van der Waals surface area contributed by atoms with E-state index in [9.17, 15) is 4.39 Å². The van der Waals surface area contributed by atoms with Gasteiger partial charge in [0.1, 0.15) is 17.3 Å². The molecule has 0 bridgehead atoms. The predicted molar refractivity (Wildman–Crippen MR) is 79.7 cm³/mol. The Balaban J connectivity index is 2.44. The molecule has 0 aliphatic heterocycles. The van der Waals surface area contributed by atoms with Gasteiger partial charge in [-0.25, -0.2) is 4.39 Å². The third-order valence-electron chi connectivity index (χ3n) is 3.03. The number of nitrogens with two attached hydrogens (primary N) is 1. The zero-order valence-electron chi connectivity index (χ0n) is 11.2. The molecule has 0 radical (unpaired) electrons. The van der Waals surface area contributed by atoms with Gasteiger partial charge in [-0.1, -0.05) is 22.0 Å². The Morgan fingerprint density at radius 1 is 1.05 bits per heavy atom. The number of hydrogen-bond acceptors (Lipinski definition) is 3. The van der Waals surface area contributed by atoms with Crippen molar-refractivity contribution in [3.63, 3.8) is 0 Å². The van der Waals surface area contributed by atoms with E-state index >= 15 is 0 Å². The van der Waals surface area contributed by atoms with Crippen molar-refractivity contribution in [2.75, 3.05) is 14.2 Å². The minimum Gasteiger partial charge on any atom is -0.497 e. The summed E-state index contributed by atoms with van der Waals surface area (Å²) in [6.45, 7) is 0. The molecule has 106 valence electrons. The number of ether oxygens (including phenoxy) is 2. The second-order valence-electron chi connectivity index (χ2n) is 4.29. The van der Waals surface area contributed by atoms with Gasteiger partial charge in [0.15, 0.2) is 0 Å². The van der Waals surface area contributed by atoms with Gasteiger partial charge in [0, 0.05) is 10.5 Å². The zero-order chi connectivity index (χ0) is 14.7. The standard InChI is InChI=1S/C15H15BrFNO2/c1-19-11-5-9(6-12(8-11)20-2)15(18)13-4-3-10(17)7-14(13)16/h3-8,15H,18H2,1-2H3. The highest BCUT2D eigenvalue weighted by Crippen LogP contribution is 2.32. The van der Waals surface area contributed by atoms with Gasteiger partial charge in [-0.3, -0.25) is 0 Å². The molecule has 2 aromatic rings. The lowest BCUT2D eigenvalue weighted by molar-refractivity contribution is 0.393. The number of rotatable bonds is 4. The molecule has 5 heteroatoms. The number of hydrogen-bond donors (Lipinski definition) is 1. The molecule has 1 atom stereocenters. The molecule has 0 spiro atoms. The maximum atomic E-state index is 13.1. The molecule has 0 aliphatic rings. The number of halogens is 2. The number of methoxy groups -OCH3 is 2.